The molecule has 1 aliphatic carbocycles. The molecule has 1 fully saturated rings. The number of nitrogens with one attached hydrogen (secondary N) is 2. The Balaban J connectivity index is 1.50. The number of amides is 2. The van der Waals surface area contributed by atoms with Crippen molar-refractivity contribution < 1.29 is 9.59 Å². The van der Waals surface area contributed by atoms with E-state index in [1.165, 1.54) is 11.3 Å². The highest BCUT2D eigenvalue weighted by atomic mass is 32.1. The minimum Gasteiger partial charge on any atom is -0.354 e. The average molecular weight is 415 g/mol. The van der Waals surface area contributed by atoms with E-state index in [1.807, 2.05) is 55.4 Å². The van der Waals surface area contributed by atoms with Gasteiger partial charge in [0, 0.05) is 26.6 Å². The Bertz CT molecular complexity index is 961. The lowest BCUT2D eigenvalue weighted by molar-refractivity contribution is -0.123. The summed E-state index contributed by atoms with van der Waals surface area (Å²) in [5.74, 6) is -0.348. The van der Waals surface area contributed by atoms with Gasteiger partial charge in [-0.25, -0.2) is 4.98 Å². The zero-order valence-corrected chi connectivity index (χ0v) is 17.4. The predicted molar refractivity (Wildman–Crippen MR) is 114 cm³/mol. The first-order valence-corrected chi connectivity index (χ1v) is 10.9. The molecular weight excluding hydrogens is 392 g/mol. The minimum absolute atomic E-state index is 0.119. The maximum Gasteiger partial charge on any atom is 0.262 e. The summed E-state index contributed by atoms with van der Waals surface area (Å²) >= 11 is 2.91. The lowest BCUT2D eigenvalue weighted by Gasteiger charge is -2.18. The van der Waals surface area contributed by atoms with E-state index in [4.69, 9.17) is 0 Å². The van der Waals surface area contributed by atoms with E-state index in [0.717, 1.165) is 33.1 Å². The van der Waals surface area contributed by atoms with Gasteiger partial charge >= 0.3 is 0 Å². The molecule has 3 aromatic rings. The fourth-order valence-corrected chi connectivity index (χ4v) is 4.88. The number of carbonyl (C=O) groups excluding carboxylic acids is 2. The summed E-state index contributed by atoms with van der Waals surface area (Å²) in [6.07, 6.45) is 2.49. The van der Waals surface area contributed by atoms with E-state index in [-0.39, 0.29) is 17.9 Å². The molecule has 2 amide bonds. The molecule has 2 N–H and O–H groups in total. The molecule has 4 rings (SSSR count). The number of rotatable bonds is 7. The summed E-state index contributed by atoms with van der Waals surface area (Å²) in [7, 11) is 3.89. The van der Waals surface area contributed by atoms with Gasteiger partial charge in [-0.2, -0.15) is 0 Å². The quantitative estimate of drug-likeness (QED) is 0.623. The Labute approximate surface area is 171 Å². The molecule has 0 radical (unpaired) electrons. The molecule has 1 unspecified atom stereocenters. The van der Waals surface area contributed by atoms with Crippen LogP contribution in [-0.2, 0) is 11.2 Å². The van der Waals surface area contributed by atoms with Crippen LogP contribution >= 0.6 is 22.7 Å². The smallest absolute Gasteiger partial charge is 0.262 e. The molecule has 0 saturated heterocycles. The third-order valence-electron chi connectivity index (χ3n) is 4.51. The van der Waals surface area contributed by atoms with Crippen molar-refractivity contribution in [1.29, 1.82) is 0 Å². The third kappa shape index (κ3) is 4.34. The van der Waals surface area contributed by atoms with Crippen LogP contribution < -0.4 is 15.5 Å². The van der Waals surface area contributed by atoms with Crippen LogP contribution in [0.1, 0.15) is 28.1 Å². The Morgan fingerprint density at radius 3 is 2.61 bits per heavy atom. The highest BCUT2D eigenvalue weighted by Gasteiger charge is 2.29. The zero-order chi connectivity index (χ0) is 19.7. The lowest BCUT2D eigenvalue weighted by atomic mass is 10.1. The van der Waals surface area contributed by atoms with E-state index in [9.17, 15) is 9.59 Å². The number of fused-ring (bicyclic) bond motifs is 1. The number of hydrogen-bond acceptors (Lipinski definition) is 6. The zero-order valence-electron chi connectivity index (χ0n) is 15.8. The molecule has 2 aromatic heterocycles. The number of nitrogens with zero attached hydrogens (tertiary/aromatic N) is 2. The summed E-state index contributed by atoms with van der Waals surface area (Å²) in [6, 6.07) is 11.3. The van der Waals surface area contributed by atoms with E-state index < -0.39 is 6.04 Å². The molecule has 2 heterocycles. The van der Waals surface area contributed by atoms with Crippen molar-refractivity contribution in [3.63, 3.8) is 0 Å². The number of thiazole rings is 1. The second-order valence-electron chi connectivity index (χ2n) is 7.17. The number of carbonyl (C=O) groups is 2. The van der Waals surface area contributed by atoms with Gasteiger partial charge in [0.1, 0.15) is 10.9 Å². The van der Waals surface area contributed by atoms with Crippen molar-refractivity contribution >= 4 is 49.1 Å². The van der Waals surface area contributed by atoms with Gasteiger partial charge in [0.05, 0.1) is 9.58 Å². The number of aromatic nitrogens is 1. The van der Waals surface area contributed by atoms with Crippen LogP contribution in [0.4, 0.5) is 5.13 Å². The van der Waals surface area contributed by atoms with Crippen molar-refractivity contribution in [3.8, 4) is 0 Å². The molecule has 146 valence electrons. The van der Waals surface area contributed by atoms with Crippen molar-refractivity contribution in [1.82, 2.24) is 15.6 Å². The first kappa shape index (κ1) is 18.9. The largest absolute Gasteiger partial charge is 0.354 e. The summed E-state index contributed by atoms with van der Waals surface area (Å²) in [6.45, 7) is 0. The van der Waals surface area contributed by atoms with Crippen LogP contribution in [0.5, 0.6) is 0 Å². The van der Waals surface area contributed by atoms with Crippen LogP contribution in [0.3, 0.4) is 0 Å². The van der Waals surface area contributed by atoms with Gasteiger partial charge in [0.25, 0.3) is 5.91 Å². The first-order valence-electron chi connectivity index (χ1n) is 9.22. The van der Waals surface area contributed by atoms with E-state index in [1.54, 1.807) is 11.3 Å². The van der Waals surface area contributed by atoms with Crippen LogP contribution in [0.25, 0.3) is 9.53 Å². The SMILES string of the molecule is CN(C)c1nc2sc(C(=O)NC(Cc3ccccc3)C(=O)NC3CC3)cc2s1. The van der Waals surface area contributed by atoms with Gasteiger partial charge in [-0.05, 0) is 24.5 Å². The van der Waals surface area contributed by atoms with Crippen LogP contribution in [0, 0.1) is 0 Å². The van der Waals surface area contributed by atoms with Crippen LogP contribution in [0.15, 0.2) is 36.4 Å². The molecule has 1 aromatic carbocycles. The predicted octanol–water partition coefficient (Wildman–Crippen LogP) is 3.04. The Morgan fingerprint density at radius 1 is 1.21 bits per heavy atom. The summed E-state index contributed by atoms with van der Waals surface area (Å²) in [4.78, 5) is 33.4. The average Bonchev–Trinajstić information content (AvgIpc) is 3.24. The molecule has 1 atom stereocenters. The lowest BCUT2D eigenvalue weighted by Crippen LogP contribution is -2.48. The highest BCUT2D eigenvalue weighted by Crippen LogP contribution is 2.33. The maximum absolute atomic E-state index is 12.8. The fourth-order valence-electron chi connectivity index (χ4n) is 2.84. The Morgan fingerprint density at radius 2 is 1.96 bits per heavy atom. The van der Waals surface area contributed by atoms with Gasteiger partial charge in [-0.3, -0.25) is 9.59 Å². The molecule has 0 spiro atoms. The summed E-state index contributed by atoms with van der Waals surface area (Å²) in [5.41, 5.74) is 1.02. The summed E-state index contributed by atoms with van der Waals surface area (Å²) in [5, 5.41) is 6.85. The van der Waals surface area contributed by atoms with Crippen molar-refractivity contribution in [2.45, 2.75) is 31.3 Å². The summed E-state index contributed by atoms with van der Waals surface area (Å²) < 4.78 is 0.987. The van der Waals surface area contributed by atoms with E-state index in [2.05, 4.69) is 15.6 Å². The monoisotopic (exact) mass is 414 g/mol. The van der Waals surface area contributed by atoms with E-state index >= 15 is 0 Å². The van der Waals surface area contributed by atoms with Crippen molar-refractivity contribution in [3.05, 3.63) is 46.8 Å². The van der Waals surface area contributed by atoms with Gasteiger partial charge in [0.2, 0.25) is 5.91 Å². The normalized spacial score (nSPS) is 14.6. The van der Waals surface area contributed by atoms with Crippen LogP contribution in [-0.4, -0.2) is 43.0 Å². The minimum atomic E-state index is -0.596. The van der Waals surface area contributed by atoms with Gasteiger partial charge in [-0.1, -0.05) is 41.7 Å². The molecule has 1 saturated carbocycles. The third-order valence-corrected chi connectivity index (χ3v) is 6.84. The number of anilines is 1. The van der Waals surface area contributed by atoms with E-state index in [0.29, 0.717) is 11.3 Å². The fraction of sp³-hybridized carbons (Fsp3) is 0.350. The first-order chi connectivity index (χ1) is 13.5. The molecule has 6 nitrogen and oxygen atoms in total. The molecule has 0 bridgehead atoms. The number of thiophene rings is 1. The molecule has 0 aliphatic heterocycles. The van der Waals surface area contributed by atoms with Crippen molar-refractivity contribution in [2.24, 2.45) is 0 Å². The Kier molecular flexibility index (Phi) is 5.32. The van der Waals surface area contributed by atoms with Gasteiger partial charge < -0.3 is 15.5 Å². The van der Waals surface area contributed by atoms with Crippen molar-refractivity contribution in [2.75, 3.05) is 19.0 Å². The number of hydrogen-bond donors (Lipinski definition) is 2. The molecular formula is C20H22N4O2S2. The standard InChI is InChI=1S/C20H22N4O2S2/c1-24(2)20-23-19-16(28-20)11-15(27-19)18(26)22-14(17(25)21-13-8-9-13)10-12-6-4-3-5-7-12/h3-7,11,13-14H,8-10H2,1-2H3,(H,21,25)(H,22,26). The number of benzene rings is 1. The maximum atomic E-state index is 12.8. The second kappa shape index (κ2) is 7.89. The van der Waals surface area contributed by atoms with Gasteiger partial charge in [-0.15, -0.1) is 11.3 Å². The van der Waals surface area contributed by atoms with Crippen LogP contribution in [0.2, 0.25) is 0 Å². The topological polar surface area (TPSA) is 74.3 Å². The Hall–Kier alpha value is -2.45. The molecule has 1 aliphatic rings. The highest BCUT2D eigenvalue weighted by molar-refractivity contribution is 7.29. The molecule has 28 heavy (non-hydrogen) atoms. The molecule has 8 heteroatoms. The van der Waals surface area contributed by atoms with Gasteiger partial charge in [0.15, 0.2) is 5.13 Å². The second-order valence-corrected chi connectivity index (χ2v) is 9.21.